The lowest BCUT2D eigenvalue weighted by atomic mass is 10.1. The van der Waals surface area contributed by atoms with E-state index in [1.54, 1.807) is 25.3 Å². The standard InChI is InChI=1S/C15H21N3O4/c1-15(2,3)17-10-11(18(19)20)9-16-13-7-6-12(21-4)8-14(13)22-5/h6-10,16H,1-5H3. The molecule has 1 N–H and O–H groups in total. The van der Waals surface area contributed by atoms with Crippen LogP contribution in [0.1, 0.15) is 20.8 Å². The van der Waals surface area contributed by atoms with Crippen molar-refractivity contribution < 1.29 is 14.4 Å². The lowest BCUT2D eigenvalue weighted by Crippen LogP contribution is -2.12. The van der Waals surface area contributed by atoms with Gasteiger partial charge < -0.3 is 14.8 Å². The molecule has 0 bridgehead atoms. The lowest BCUT2D eigenvalue weighted by Gasteiger charge is -2.11. The van der Waals surface area contributed by atoms with Crippen LogP contribution in [0.3, 0.4) is 0 Å². The molecule has 0 amide bonds. The summed E-state index contributed by atoms with van der Waals surface area (Å²) in [5.41, 5.74) is 0.0620. The molecule has 22 heavy (non-hydrogen) atoms. The fourth-order valence-electron chi connectivity index (χ4n) is 1.47. The summed E-state index contributed by atoms with van der Waals surface area (Å²) < 4.78 is 10.3. The molecule has 0 fully saturated rings. The summed E-state index contributed by atoms with van der Waals surface area (Å²) in [7, 11) is 3.06. The number of nitrogens with zero attached hydrogens (tertiary/aromatic N) is 2. The van der Waals surface area contributed by atoms with Gasteiger partial charge in [-0.25, -0.2) is 0 Å². The van der Waals surface area contributed by atoms with Gasteiger partial charge in [0.2, 0.25) is 0 Å². The van der Waals surface area contributed by atoms with Gasteiger partial charge in [-0.3, -0.25) is 15.1 Å². The number of aliphatic imine (C=N–C) groups is 1. The normalized spacial score (nSPS) is 12.3. The monoisotopic (exact) mass is 307 g/mol. The maximum atomic E-state index is 11.0. The second kappa shape index (κ2) is 7.44. The van der Waals surface area contributed by atoms with Gasteiger partial charge in [0.05, 0.1) is 36.6 Å². The van der Waals surface area contributed by atoms with Gasteiger partial charge in [0.1, 0.15) is 17.7 Å². The fraction of sp³-hybridized carbons (Fsp3) is 0.400. The molecule has 7 nitrogen and oxygen atoms in total. The van der Waals surface area contributed by atoms with E-state index < -0.39 is 4.92 Å². The summed E-state index contributed by atoms with van der Waals surface area (Å²) in [6, 6.07) is 5.13. The van der Waals surface area contributed by atoms with Gasteiger partial charge in [-0.1, -0.05) is 0 Å². The maximum Gasteiger partial charge on any atom is 0.302 e. The Kier molecular flexibility index (Phi) is 5.91. The summed E-state index contributed by atoms with van der Waals surface area (Å²) in [4.78, 5) is 14.7. The summed E-state index contributed by atoms with van der Waals surface area (Å²) in [5, 5.41) is 13.9. The number of anilines is 1. The van der Waals surface area contributed by atoms with Crippen molar-refractivity contribution in [3.8, 4) is 11.5 Å². The van der Waals surface area contributed by atoms with Gasteiger partial charge >= 0.3 is 5.70 Å². The molecule has 0 heterocycles. The fourth-order valence-corrected chi connectivity index (χ4v) is 1.47. The summed E-state index contributed by atoms with van der Waals surface area (Å²) in [5.74, 6) is 1.15. The molecule has 1 rings (SSSR count). The van der Waals surface area contributed by atoms with E-state index in [1.807, 2.05) is 20.8 Å². The Labute approximate surface area is 129 Å². The molecule has 120 valence electrons. The molecule has 7 heteroatoms. The highest BCUT2D eigenvalue weighted by atomic mass is 16.6. The quantitative estimate of drug-likeness (QED) is 0.496. The first-order valence-corrected chi connectivity index (χ1v) is 6.65. The van der Waals surface area contributed by atoms with E-state index in [-0.39, 0.29) is 11.2 Å². The molecule has 0 saturated carbocycles. The van der Waals surface area contributed by atoms with E-state index in [0.717, 1.165) is 0 Å². The Balaban J connectivity index is 3.01. The topological polar surface area (TPSA) is 86.0 Å². The number of hydrogen-bond donors (Lipinski definition) is 1. The molecule has 0 saturated heterocycles. The zero-order valence-corrected chi connectivity index (χ0v) is 13.4. The van der Waals surface area contributed by atoms with Crippen molar-refractivity contribution in [3.05, 3.63) is 40.2 Å². The van der Waals surface area contributed by atoms with Crippen LogP contribution in [0.2, 0.25) is 0 Å². The summed E-state index contributed by atoms with van der Waals surface area (Å²) >= 11 is 0. The molecular formula is C15H21N3O4. The van der Waals surface area contributed by atoms with Crippen molar-refractivity contribution in [1.29, 1.82) is 0 Å². The number of nitrogens with one attached hydrogen (secondary N) is 1. The van der Waals surface area contributed by atoms with Gasteiger partial charge in [-0.15, -0.1) is 0 Å². The Morgan fingerprint density at radius 2 is 2.00 bits per heavy atom. The predicted molar refractivity (Wildman–Crippen MR) is 86.5 cm³/mol. The first-order chi connectivity index (χ1) is 10.3. The van der Waals surface area contributed by atoms with Crippen molar-refractivity contribution in [3.63, 3.8) is 0 Å². The third kappa shape index (κ3) is 5.43. The largest absolute Gasteiger partial charge is 0.497 e. The van der Waals surface area contributed by atoms with E-state index in [9.17, 15) is 10.1 Å². The predicted octanol–water partition coefficient (Wildman–Crippen LogP) is 3.10. The molecule has 1 aromatic rings. The van der Waals surface area contributed by atoms with Crippen molar-refractivity contribution >= 4 is 11.9 Å². The van der Waals surface area contributed by atoms with Crippen molar-refractivity contribution in [2.75, 3.05) is 19.5 Å². The van der Waals surface area contributed by atoms with E-state index in [2.05, 4.69) is 10.3 Å². The van der Waals surface area contributed by atoms with Crippen LogP contribution in [0.5, 0.6) is 11.5 Å². The molecule has 1 aromatic carbocycles. The highest BCUT2D eigenvalue weighted by Gasteiger charge is 2.12. The third-order valence-corrected chi connectivity index (χ3v) is 2.58. The van der Waals surface area contributed by atoms with Gasteiger partial charge in [-0.05, 0) is 32.9 Å². The summed E-state index contributed by atoms with van der Waals surface area (Å²) in [6.07, 6.45) is 2.52. The van der Waals surface area contributed by atoms with E-state index >= 15 is 0 Å². The Morgan fingerprint density at radius 1 is 1.32 bits per heavy atom. The average Bonchev–Trinajstić information content (AvgIpc) is 2.45. The highest BCUT2D eigenvalue weighted by molar-refractivity contribution is 5.76. The molecule has 0 spiro atoms. The number of rotatable bonds is 6. The van der Waals surface area contributed by atoms with Crippen LogP contribution in [0.4, 0.5) is 5.69 Å². The van der Waals surface area contributed by atoms with Crippen LogP contribution in [0, 0.1) is 10.1 Å². The van der Waals surface area contributed by atoms with E-state index in [4.69, 9.17) is 9.47 Å². The van der Waals surface area contributed by atoms with Crippen LogP contribution in [-0.2, 0) is 0 Å². The van der Waals surface area contributed by atoms with Crippen LogP contribution in [-0.4, -0.2) is 30.9 Å². The van der Waals surface area contributed by atoms with Gasteiger partial charge in [0.25, 0.3) is 0 Å². The number of ether oxygens (including phenoxy) is 2. The van der Waals surface area contributed by atoms with Crippen LogP contribution >= 0.6 is 0 Å². The van der Waals surface area contributed by atoms with E-state index in [0.29, 0.717) is 17.2 Å². The lowest BCUT2D eigenvalue weighted by molar-refractivity contribution is -0.414. The van der Waals surface area contributed by atoms with Crippen LogP contribution < -0.4 is 14.8 Å². The third-order valence-electron chi connectivity index (χ3n) is 2.58. The first kappa shape index (κ1) is 17.5. The smallest absolute Gasteiger partial charge is 0.302 e. The van der Waals surface area contributed by atoms with Crippen LogP contribution in [0.15, 0.2) is 35.1 Å². The van der Waals surface area contributed by atoms with Crippen LogP contribution in [0.25, 0.3) is 0 Å². The van der Waals surface area contributed by atoms with Gasteiger partial charge in [0.15, 0.2) is 0 Å². The Hall–Kier alpha value is -2.57. The molecule has 0 aromatic heterocycles. The summed E-state index contributed by atoms with van der Waals surface area (Å²) in [6.45, 7) is 5.59. The number of allylic oxidation sites excluding steroid dienone is 1. The molecule has 0 aliphatic carbocycles. The zero-order valence-electron chi connectivity index (χ0n) is 13.4. The number of methoxy groups -OCH3 is 2. The minimum atomic E-state index is -0.502. The molecule has 0 atom stereocenters. The SMILES string of the molecule is COc1ccc(NC=C(C=NC(C)(C)C)[N+](=O)[O-])c(OC)c1. The van der Waals surface area contributed by atoms with Crippen molar-refractivity contribution in [1.82, 2.24) is 0 Å². The average molecular weight is 307 g/mol. The van der Waals surface area contributed by atoms with Gasteiger partial charge in [-0.2, -0.15) is 0 Å². The number of hydrogen-bond acceptors (Lipinski definition) is 6. The molecule has 0 radical (unpaired) electrons. The molecular weight excluding hydrogens is 286 g/mol. The number of nitro groups is 1. The molecule has 0 aliphatic rings. The maximum absolute atomic E-state index is 11.0. The zero-order chi connectivity index (χ0) is 16.8. The minimum Gasteiger partial charge on any atom is -0.497 e. The Morgan fingerprint density at radius 3 is 2.50 bits per heavy atom. The molecule has 0 aliphatic heterocycles. The van der Waals surface area contributed by atoms with Crippen molar-refractivity contribution in [2.45, 2.75) is 26.3 Å². The van der Waals surface area contributed by atoms with E-state index in [1.165, 1.54) is 19.5 Å². The first-order valence-electron chi connectivity index (χ1n) is 6.65. The molecule has 0 unspecified atom stereocenters. The van der Waals surface area contributed by atoms with Crippen molar-refractivity contribution in [2.24, 2.45) is 4.99 Å². The number of benzene rings is 1. The minimum absolute atomic E-state index is 0.146. The highest BCUT2D eigenvalue weighted by Crippen LogP contribution is 2.29. The Bertz CT molecular complexity index is 589. The van der Waals surface area contributed by atoms with Gasteiger partial charge in [0, 0.05) is 6.07 Å². The second-order valence-electron chi connectivity index (χ2n) is 5.47. The second-order valence-corrected chi connectivity index (χ2v) is 5.47.